The van der Waals surface area contributed by atoms with Gasteiger partial charge in [0.15, 0.2) is 12.2 Å². The van der Waals surface area contributed by atoms with E-state index in [0.29, 0.717) is 13.2 Å². The predicted molar refractivity (Wildman–Crippen MR) is 47.6 cm³/mol. The van der Waals surface area contributed by atoms with Crippen molar-refractivity contribution in [3.05, 3.63) is 12.2 Å². The van der Waals surface area contributed by atoms with Gasteiger partial charge >= 0.3 is 0 Å². The molecule has 4 unspecified atom stereocenters. The van der Waals surface area contributed by atoms with Crippen LogP contribution in [0.2, 0.25) is 0 Å². The molecule has 4 heteroatoms. The lowest BCUT2D eigenvalue weighted by molar-refractivity contribution is -0.0147. The van der Waals surface area contributed by atoms with Crippen molar-refractivity contribution in [1.82, 2.24) is 0 Å². The van der Waals surface area contributed by atoms with Gasteiger partial charge in [-0.05, 0) is 26.0 Å². The smallest absolute Gasteiger partial charge is 0.218 e. The van der Waals surface area contributed by atoms with Crippen molar-refractivity contribution in [2.24, 2.45) is 0 Å². The van der Waals surface area contributed by atoms with E-state index in [2.05, 4.69) is 0 Å². The summed E-state index contributed by atoms with van der Waals surface area (Å²) in [5.74, 6) is -1.01. The minimum atomic E-state index is -0.503. The van der Waals surface area contributed by atoms with Crippen molar-refractivity contribution in [1.29, 1.82) is 0 Å². The van der Waals surface area contributed by atoms with E-state index in [1.165, 1.54) is 0 Å². The highest BCUT2D eigenvalue weighted by Gasteiger charge is 2.77. The molecule has 2 aliphatic heterocycles. The lowest BCUT2D eigenvalue weighted by Gasteiger charge is -2.14. The van der Waals surface area contributed by atoms with Crippen molar-refractivity contribution in [3.8, 4) is 0 Å². The van der Waals surface area contributed by atoms with Crippen molar-refractivity contribution in [2.45, 2.75) is 37.6 Å². The van der Waals surface area contributed by atoms with Gasteiger partial charge in [-0.2, -0.15) is 0 Å². The molecule has 0 N–H and O–H groups in total. The van der Waals surface area contributed by atoms with Crippen LogP contribution in [0, 0.1) is 0 Å². The Bertz CT molecular complexity index is 262. The minimum Gasteiger partial charge on any atom is -0.344 e. The molecule has 0 bridgehead atoms. The third kappa shape index (κ3) is 0.969. The van der Waals surface area contributed by atoms with Crippen LogP contribution in [0.25, 0.3) is 0 Å². The molecule has 14 heavy (non-hydrogen) atoms. The van der Waals surface area contributed by atoms with Crippen molar-refractivity contribution >= 4 is 0 Å². The Hall–Kier alpha value is -0.420. The average Bonchev–Trinajstić information content (AvgIpc) is 2.97. The van der Waals surface area contributed by atoms with Crippen LogP contribution in [-0.4, -0.2) is 37.0 Å². The van der Waals surface area contributed by atoms with Gasteiger partial charge in [-0.1, -0.05) is 0 Å². The third-order valence-electron chi connectivity index (χ3n) is 2.86. The van der Waals surface area contributed by atoms with Crippen LogP contribution >= 0.6 is 0 Å². The molecule has 0 radical (unpaired) electrons. The molecule has 3 aliphatic rings. The Morgan fingerprint density at radius 2 is 1.43 bits per heavy atom. The highest BCUT2D eigenvalue weighted by atomic mass is 16.8. The summed E-state index contributed by atoms with van der Waals surface area (Å²) in [6.45, 7) is 5.21. The molecule has 1 aliphatic carbocycles. The third-order valence-corrected chi connectivity index (χ3v) is 2.86. The maximum Gasteiger partial charge on any atom is 0.218 e. The molecular weight excluding hydrogens is 184 g/mol. The summed E-state index contributed by atoms with van der Waals surface area (Å²) in [5, 5.41) is 0. The number of hydrogen-bond donors (Lipinski definition) is 0. The first-order valence-corrected chi connectivity index (χ1v) is 5.10. The fourth-order valence-electron chi connectivity index (χ4n) is 2.15. The molecule has 0 saturated carbocycles. The van der Waals surface area contributed by atoms with E-state index in [4.69, 9.17) is 18.9 Å². The molecule has 0 amide bonds. The van der Waals surface area contributed by atoms with Gasteiger partial charge in [-0.15, -0.1) is 0 Å². The molecule has 2 saturated heterocycles. The van der Waals surface area contributed by atoms with E-state index in [-0.39, 0.29) is 12.2 Å². The number of epoxide rings is 2. The second-order valence-corrected chi connectivity index (χ2v) is 3.72. The number of ether oxygens (including phenoxy) is 4. The molecule has 0 aromatic heterocycles. The standard InChI is InChI=1S/C10H14O4/c1-3-11-9-5-6-10(12-4-2)8(14-10)7(9)13-9/h5-8H,3-4H2,1-2H3. The Morgan fingerprint density at radius 3 is 1.79 bits per heavy atom. The summed E-state index contributed by atoms with van der Waals surface area (Å²) in [7, 11) is 0. The molecule has 3 rings (SSSR count). The van der Waals surface area contributed by atoms with Gasteiger partial charge in [0.05, 0.1) is 0 Å². The maximum atomic E-state index is 5.52. The summed E-state index contributed by atoms with van der Waals surface area (Å²) >= 11 is 0. The molecule has 2 heterocycles. The van der Waals surface area contributed by atoms with Crippen LogP contribution < -0.4 is 0 Å². The maximum absolute atomic E-state index is 5.52. The average molecular weight is 198 g/mol. The van der Waals surface area contributed by atoms with Crippen molar-refractivity contribution in [2.75, 3.05) is 13.2 Å². The zero-order valence-electron chi connectivity index (χ0n) is 8.36. The van der Waals surface area contributed by atoms with Crippen molar-refractivity contribution in [3.63, 3.8) is 0 Å². The minimum absolute atomic E-state index is 0.0269. The van der Waals surface area contributed by atoms with Crippen LogP contribution in [-0.2, 0) is 18.9 Å². The van der Waals surface area contributed by atoms with E-state index in [9.17, 15) is 0 Å². The van der Waals surface area contributed by atoms with Crippen LogP contribution in [0.4, 0.5) is 0 Å². The van der Waals surface area contributed by atoms with Crippen molar-refractivity contribution < 1.29 is 18.9 Å². The number of rotatable bonds is 4. The van der Waals surface area contributed by atoms with E-state index in [1.54, 1.807) is 0 Å². The molecular formula is C10H14O4. The Morgan fingerprint density at radius 1 is 1.00 bits per heavy atom. The first kappa shape index (κ1) is 8.85. The summed E-state index contributed by atoms with van der Waals surface area (Å²) in [4.78, 5) is 0. The summed E-state index contributed by atoms with van der Waals surface area (Å²) in [6, 6.07) is 0. The lowest BCUT2D eigenvalue weighted by Crippen LogP contribution is -2.30. The fraction of sp³-hybridized carbons (Fsp3) is 0.800. The van der Waals surface area contributed by atoms with Gasteiger partial charge in [0, 0.05) is 13.2 Å². The van der Waals surface area contributed by atoms with E-state index in [1.807, 2.05) is 26.0 Å². The number of hydrogen-bond acceptors (Lipinski definition) is 4. The SMILES string of the molecule is CCOC12C=CC3(OCC)OC3C1O2. The molecule has 0 aromatic carbocycles. The molecule has 78 valence electrons. The van der Waals surface area contributed by atoms with Crippen LogP contribution in [0.15, 0.2) is 12.2 Å². The Kier molecular flexibility index (Phi) is 1.63. The van der Waals surface area contributed by atoms with Gasteiger partial charge in [0.25, 0.3) is 0 Å². The topological polar surface area (TPSA) is 43.5 Å². The summed E-state index contributed by atoms with van der Waals surface area (Å²) < 4.78 is 22.1. The summed E-state index contributed by atoms with van der Waals surface area (Å²) in [6.07, 6.45) is 3.89. The van der Waals surface area contributed by atoms with Crippen LogP contribution in [0.3, 0.4) is 0 Å². The van der Waals surface area contributed by atoms with Gasteiger partial charge in [0.2, 0.25) is 11.6 Å². The second kappa shape index (κ2) is 2.58. The largest absolute Gasteiger partial charge is 0.344 e. The van der Waals surface area contributed by atoms with E-state index >= 15 is 0 Å². The molecule has 4 atom stereocenters. The first-order chi connectivity index (χ1) is 6.76. The van der Waals surface area contributed by atoms with E-state index in [0.717, 1.165) is 0 Å². The molecule has 0 spiro atoms. The zero-order valence-corrected chi connectivity index (χ0v) is 8.36. The van der Waals surface area contributed by atoms with Crippen LogP contribution in [0.5, 0.6) is 0 Å². The quantitative estimate of drug-likeness (QED) is 0.495. The summed E-state index contributed by atoms with van der Waals surface area (Å²) in [5.41, 5.74) is 0. The van der Waals surface area contributed by atoms with Crippen LogP contribution in [0.1, 0.15) is 13.8 Å². The molecule has 0 aromatic rings. The number of fused-ring (bicyclic) bond motifs is 3. The van der Waals surface area contributed by atoms with Gasteiger partial charge in [-0.3, -0.25) is 0 Å². The molecule has 4 nitrogen and oxygen atoms in total. The lowest BCUT2D eigenvalue weighted by atomic mass is 10.0. The van der Waals surface area contributed by atoms with Gasteiger partial charge < -0.3 is 18.9 Å². The highest BCUT2D eigenvalue weighted by molar-refractivity contribution is 5.31. The Balaban J connectivity index is 1.76. The van der Waals surface area contributed by atoms with E-state index < -0.39 is 11.6 Å². The second-order valence-electron chi connectivity index (χ2n) is 3.72. The van der Waals surface area contributed by atoms with Gasteiger partial charge in [0.1, 0.15) is 0 Å². The Labute approximate surface area is 82.8 Å². The highest BCUT2D eigenvalue weighted by Crippen LogP contribution is 2.58. The zero-order chi connectivity index (χ0) is 9.81. The normalized spacial score (nSPS) is 52.4. The molecule has 2 fully saturated rings. The first-order valence-electron chi connectivity index (χ1n) is 5.10. The predicted octanol–water partition coefficient (Wildman–Crippen LogP) is 0.819. The monoisotopic (exact) mass is 198 g/mol. The fourth-order valence-corrected chi connectivity index (χ4v) is 2.15. The van der Waals surface area contributed by atoms with Gasteiger partial charge in [-0.25, -0.2) is 0 Å².